The highest BCUT2D eigenvalue weighted by Gasteiger charge is 2.34. The molecule has 324 valence electrons. The largest absolute Gasteiger partial charge is 0.457 e. The Morgan fingerprint density at radius 3 is 1.83 bits per heavy atom. The Kier molecular flexibility index (Phi) is 10.6. The molecular formula is C59H62N4O. The van der Waals surface area contributed by atoms with Crippen molar-refractivity contribution in [2.75, 3.05) is 16.5 Å². The van der Waals surface area contributed by atoms with E-state index >= 15 is 0 Å². The number of para-hydroxylation sites is 1. The van der Waals surface area contributed by atoms with Crippen LogP contribution < -0.4 is 14.5 Å². The van der Waals surface area contributed by atoms with Crippen LogP contribution >= 0.6 is 0 Å². The van der Waals surface area contributed by atoms with Crippen LogP contribution in [0.1, 0.15) is 98.4 Å². The standard InChI is InChI=1S/C59H62N4O/c1-56(2,3)43-28-29-60-55(35-43)63-52-25-19-18-24-50(52)51-27-26-48(37-53(51)63)64-49-34-44(57(4,5)6)32-46(36-49)61-38-54(58(7,8)9)62(39-61)47-31-41(40-20-14-12-15-21-40)30-45(33-47)59(10,11)42-22-16-13-17-23-42/h12-38H,39H2,1-11H3. The molecule has 3 heterocycles. The van der Waals surface area contributed by atoms with Gasteiger partial charge in [-0.15, -0.1) is 0 Å². The Hall–Kier alpha value is -6.59. The number of anilines is 2. The summed E-state index contributed by atoms with van der Waals surface area (Å²) in [5.74, 6) is 2.48. The van der Waals surface area contributed by atoms with E-state index in [1.165, 1.54) is 55.5 Å². The van der Waals surface area contributed by atoms with Gasteiger partial charge in [-0.25, -0.2) is 4.98 Å². The van der Waals surface area contributed by atoms with Crippen LogP contribution in [0.5, 0.6) is 11.5 Å². The van der Waals surface area contributed by atoms with Crippen molar-refractivity contribution in [2.24, 2.45) is 5.41 Å². The molecule has 0 amide bonds. The highest BCUT2D eigenvalue weighted by Crippen LogP contribution is 2.44. The van der Waals surface area contributed by atoms with Gasteiger partial charge in [-0.1, -0.05) is 161 Å². The second kappa shape index (κ2) is 15.9. The van der Waals surface area contributed by atoms with Crippen molar-refractivity contribution in [1.82, 2.24) is 9.55 Å². The molecule has 0 N–H and O–H groups in total. The second-order valence-corrected chi connectivity index (χ2v) is 21.2. The summed E-state index contributed by atoms with van der Waals surface area (Å²) in [6.45, 7) is 25.8. The number of benzene rings is 6. The molecule has 2 aromatic heterocycles. The molecule has 0 aliphatic carbocycles. The first-order valence-corrected chi connectivity index (χ1v) is 22.7. The molecule has 0 fully saturated rings. The predicted octanol–water partition coefficient (Wildman–Crippen LogP) is 15.7. The zero-order valence-electron chi connectivity index (χ0n) is 39.5. The van der Waals surface area contributed by atoms with Crippen LogP contribution in [0, 0.1) is 5.41 Å². The fourth-order valence-corrected chi connectivity index (χ4v) is 9.05. The molecule has 9 rings (SSSR count). The molecule has 1 aliphatic heterocycles. The molecule has 64 heavy (non-hydrogen) atoms. The van der Waals surface area contributed by atoms with Gasteiger partial charge in [-0.3, -0.25) is 4.57 Å². The summed E-state index contributed by atoms with van der Waals surface area (Å²) in [6.07, 6.45) is 4.28. The van der Waals surface area contributed by atoms with E-state index in [2.05, 4.69) is 248 Å². The van der Waals surface area contributed by atoms with Gasteiger partial charge in [0.2, 0.25) is 0 Å². The Morgan fingerprint density at radius 2 is 1.12 bits per heavy atom. The molecule has 5 heteroatoms. The Morgan fingerprint density at radius 1 is 0.469 bits per heavy atom. The van der Waals surface area contributed by atoms with E-state index in [1.54, 1.807) is 0 Å². The monoisotopic (exact) mass is 842 g/mol. The van der Waals surface area contributed by atoms with Crippen LogP contribution in [0.25, 0.3) is 38.8 Å². The Bertz CT molecular complexity index is 3030. The normalized spacial score (nSPS) is 13.8. The van der Waals surface area contributed by atoms with Gasteiger partial charge in [0.15, 0.2) is 0 Å². The number of fused-ring (bicyclic) bond motifs is 3. The summed E-state index contributed by atoms with van der Waals surface area (Å²) < 4.78 is 9.24. The third-order valence-corrected chi connectivity index (χ3v) is 13.0. The summed E-state index contributed by atoms with van der Waals surface area (Å²) >= 11 is 0. The van der Waals surface area contributed by atoms with Gasteiger partial charge in [0.25, 0.3) is 0 Å². The van der Waals surface area contributed by atoms with Crippen molar-refractivity contribution in [3.8, 4) is 28.4 Å². The molecule has 0 unspecified atom stereocenters. The van der Waals surface area contributed by atoms with Gasteiger partial charge >= 0.3 is 0 Å². The number of nitrogens with zero attached hydrogens (tertiary/aromatic N) is 4. The second-order valence-electron chi connectivity index (χ2n) is 21.2. The third kappa shape index (κ3) is 8.20. The minimum atomic E-state index is -0.219. The van der Waals surface area contributed by atoms with E-state index in [0.717, 1.165) is 34.0 Å². The van der Waals surface area contributed by atoms with E-state index in [1.807, 2.05) is 6.20 Å². The van der Waals surface area contributed by atoms with Crippen LogP contribution in [0.3, 0.4) is 0 Å². The zero-order chi connectivity index (χ0) is 45.2. The number of hydrogen-bond donors (Lipinski definition) is 0. The summed E-state index contributed by atoms with van der Waals surface area (Å²) in [5, 5.41) is 2.35. The lowest BCUT2D eigenvalue weighted by molar-refractivity contribution is 0.479. The van der Waals surface area contributed by atoms with Gasteiger partial charge in [-0.2, -0.15) is 0 Å². The quantitative estimate of drug-likeness (QED) is 0.153. The molecule has 0 atom stereocenters. The maximum Gasteiger partial charge on any atom is 0.137 e. The number of rotatable bonds is 8. The molecule has 0 saturated heterocycles. The van der Waals surface area contributed by atoms with Crippen molar-refractivity contribution >= 4 is 33.2 Å². The first kappa shape index (κ1) is 42.7. The van der Waals surface area contributed by atoms with Gasteiger partial charge in [-0.05, 0) is 98.8 Å². The topological polar surface area (TPSA) is 33.5 Å². The predicted molar refractivity (Wildman–Crippen MR) is 270 cm³/mol. The first-order valence-electron chi connectivity index (χ1n) is 22.7. The Balaban J connectivity index is 1.12. The maximum atomic E-state index is 6.96. The molecule has 0 spiro atoms. The molecule has 1 aliphatic rings. The van der Waals surface area contributed by atoms with Crippen molar-refractivity contribution in [3.05, 3.63) is 192 Å². The van der Waals surface area contributed by atoms with E-state index in [0.29, 0.717) is 6.67 Å². The Labute approximate surface area is 380 Å². The molecular weight excluding hydrogens is 781 g/mol. The fourth-order valence-electron chi connectivity index (χ4n) is 9.05. The molecule has 5 nitrogen and oxygen atoms in total. The van der Waals surface area contributed by atoms with Crippen molar-refractivity contribution < 1.29 is 4.74 Å². The van der Waals surface area contributed by atoms with Gasteiger partial charge in [0, 0.05) is 63.2 Å². The highest BCUT2D eigenvalue weighted by atomic mass is 16.5. The smallest absolute Gasteiger partial charge is 0.137 e. The van der Waals surface area contributed by atoms with E-state index in [4.69, 9.17) is 9.72 Å². The number of allylic oxidation sites excluding steroid dienone is 1. The van der Waals surface area contributed by atoms with E-state index < -0.39 is 0 Å². The van der Waals surface area contributed by atoms with Crippen molar-refractivity contribution in [2.45, 2.75) is 92.4 Å². The zero-order valence-corrected chi connectivity index (χ0v) is 39.5. The minimum absolute atomic E-state index is 0.00979. The molecule has 0 saturated carbocycles. The number of hydrogen-bond acceptors (Lipinski definition) is 4. The molecule has 6 aromatic carbocycles. The molecule has 0 bridgehead atoms. The van der Waals surface area contributed by atoms with E-state index in [-0.39, 0.29) is 21.7 Å². The summed E-state index contributed by atoms with van der Waals surface area (Å²) in [6, 6.07) is 55.0. The number of pyridine rings is 1. The lowest BCUT2D eigenvalue weighted by Gasteiger charge is -2.33. The van der Waals surface area contributed by atoms with Crippen LogP contribution in [0.2, 0.25) is 0 Å². The van der Waals surface area contributed by atoms with Crippen molar-refractivity contribution in [3.63, 3.8) is 0 Å². The van der Waals surface area contributed by atoms with Gasteiger partial charge in [0.05, 0.1) is 17.7 Å². The lowest BCUT2D eigenvalue weighted by atomic mass is 9.77. The minimum Gasteiger partial charge on any atom is -0.457 e. The third-order valence-electron chi connectivity index (χ3n) is 13.0. The van der Waals surface area contributed by atoms with Crippen molar-refractivity contribution in [1.29, 1.82) is 0 Å². The summed E-state index contributed by atoms with van der Waals surface area (Å²) in [4.78, 5) is 9.82. The summed E-state index contributed by atoms with van der Waals surface area (Å²) in [7, 11) is 0. The number of ether oxygens (including phenoxy) is 1. The summed E-state index contributed by atoms with van der Waals surface area (Å²) in [5.41, 5.74) is 12.7. The van der Waals surface area contributed by atoms with E-state index in [9.17, 15) is 0 Å². The lowest BCUT2D eigenvalue weighted by Crippen LogP contribution is -2.31. The van der Waals surface area contributed by atoms with Crippen LogP contribution in [-0.4, -0.2) is 16.2 Å². The van der Waals surface area contributed by atoms with Gasteiger partial charge < -0.3 is 14.5 Å². The molecule has 0 radical (unpaired) electrons. The van der Waals surface area contributed by atoms with Crippen LogP contribution in [0.4, 0.5) is 11.4 Å². The van der Waals surface area contributed by atoms with Crippen LogP contribution in [-0.2, 0) is 16.2 Å². The fraction of sp³-hybridized carbons (Fsp3) is 0.271. The SMILES string of the molecule is CC(C)(C)C1=CN(c2cc(Oc3ccc4c5ccccc5n(-c5cc(C(C)(C)C)ccn5)c4c3)cc(C(C)(C)C)c2)CN1c1cc(-c2ccccc2)cc(C(C)(C)c2ccccc2)c1. The highest BCUT2D eigenvalue weighted by molar-refractivity contribution is 6.09. The van der Waals surface area contributed by atoms with Gasteiger partial charge in [0.1, 0.15) is 17.3 Å². The first-order chi connectivity index (χ1) is 30.3. The maximum absolute atomic E-state index is 6.96. The average Bonchev–Trinajstić information content (AvgIpc) is 3.87. The average molecular weight is 843 g/mol. The molecule has 8 aromatic rings. The number of aromatic nitrogens is 2. The van der Waals surface area contributed by atoms with Crippen LogP contribution in [0.15, 0.2) is 170 Å².